The Bertz CT molecular complexity index is 1550. The van der Waals surface area contributed by atoms with E-state index in [1.165, 1.54) is 55.9 Å². The number of benzene rings is 6. The molecule has 2 nitrogen and oxygen atoms in total. The Hall–Kier alpha value is -4.79. The molecule has 7 rings (SSSR count). The van der Waals surface area contributed by atoms with Crippen molar-refractivity contribution >= 4 is 23.0 Å². The number of anilines is 2. The van der Waals surface area contributed by atoms with Crippen molar-refractivity contribution in [2.75, 3.05) is 28.8 Å². The van der Waals surface area contributed by atoms with E-state index in [9.17, 15) is 0 Å². The van der Waals surface area contributed by atoms with Gasteiger partial charge in [-0.15, -0.1) is 11.6 Å². The summed E-state index contributed by atoms with van der Waals surface area (Å²) in [5.74, 6) is 0.467. The van der Waals surface area contributed by atoms with Crippen LogP contribution in [0.4, 0.5) is 11.4 Å². The maximum absolute atomic E-state index is 7.01. The number of alkyl halides is 1. The summed E-state index contributed by atoms with van der Waals surface area (Å²) in [5.41, 5.74) is 12.2. The summed E-state index contributed by atoms with van der Waals surface area (Å²) in [7, 11) is 0. The van der Waals surface area contributed by atoms with E-state index in [1.54, 1.807) is 0 Å². The van der Waals surface area contributed by atoms with E-state index in [4.69, 9.17) is 11.6 Å². The minimum Gasteiger partial charge on any atom is -0.347 e. The van der Waals surface area contributed by atoms with Gasteiger partial charge in [0, 0.05) is 35.3 Å². The highest BCUT2D eigenvalue weighted by molar-refractivity contribution is 6.19. The molecule has 0 amide bonds. The van der Waals surface area contributed by atoms with E-state index in [1.807, 2.05) is 0 Å². The molecular formula is C40H33ClN2. The van der Waals surface area contributed by atoms with Crippen molar-refractivity contribution < 1.29 is 0 Å². The van der Waals surface area contributed by atoms with Crippen LogP contribution in [0.25, 0.3) is 44.5 Å². The highest BCUT2D eigenvalue weighted by Crippen LogP contribution is 2.46. The number of para-hydroxylation sites is 2. The molecule has 1 aliphatic heterocycles. The van der Waals surface area contributed by atoms with Gasteiger partial charge in [-0.1, -0.05) is 158 Å². The van der Waals surface area contributed by atoms with Crippen molar-refractivity contribution in [3.05, 3.63) is 158 Å². The van der Waals surface area contributed by atoms with Gasteiger partial charge in [0.2, 0.25) is 0 Å². The molecule has 1 fully saturated rings. The minimum atomic E-state index is -0.0404. The summed E-state index contributed by atoms with van der Waals surface area (Å²) >= 11 is 7.01. The monoisotopic (exact) mass is 576 g/mol. The number of nitrogens with zero attached hydrogens (tertiary/aromatic N) is 2. The van der Waals surface area contributed by atoms with Crippen LogP contribution in [0.1, 0.15) is 0 Å². The van der Waals surface area contributed by atoms with E-state index < -0.39 is 0 Å². The van der Waals surface area contributed by atoms with Crippen LogP contribution in [0.2, 0.25) is 0 Å². The Kier molecular flexibility index (Phi) is 7.69. The van der Waals surface area contributed by atoms with Crippen LogP contribution in [0, 0.1) is 0 Å². The van der Waals surface area contributed by atoms with Crippen molar-refractivity contribution in [2.45, 2.75) is 6.17 Å². The summed E-state index contributed by atoms with van der Waals surface area (Å²) in [5, 5.41) is 0. The van der Waals surface area contributed by atoms with Crippen molar-refractivity contribution in [2.24, 2.45) is 0 Å². The molecule has 0 atom stereocenters. The molecule has 0 spiro atoms. The summed E-state index contributed by atoms with van der Waals surface area (Å²) in [4.78, 5) is 5.07. The fraction of sp³-hybridized carbons (Fsp3) is 0.100. The molecular weight excluding hydrogens is 544 g/mol. The molecule has 1 heterocycles. The van der Waals surface area contributed by atoms with Crippen molar-refractivity contribution in [3.63, 3.8) is 0 Å². The van der Waals surface area contributed by atoms with Crippen molar-refractivity contribution in [1.82, 2.24) is 0 Å². The van der Waals surface area contributed by atoms with Crippen molar-refractivity contribution in [3.8, 4) is 44.5 Å². The number of halogens is 1. The standard InChI is InChI=1S/C40H33ClN2/c41-29-38-42(39-34(30-15-5-1-6-16-30)23-13-24-35(39)31-17-7-2-8-18-31)27-28-43(38)40-36(32-19-9-3-10-20-32)25-14-26-37(40)33-21-11-4-12-22-33/h1-26,38H,27-29H2. The molecule has 0 bridgehead atoms. The Morgan fingerprint density at radius 1 is 0.395 bits per heavy atom. The van der Waals surface area contributed by atoms with Gasteiger partial charge >= 0.3 is 0 Å². The van der Waals surface area contributed by atoms with Gasteiger partial charge in [-0.25, -0.2) is 0 Å². The molecule has 1 aliphatic rings. The zero-order valence-electron chi connectivity index (χ0n) is 24.0. The Balaban J connectivity index is 1.42. The van der Waals surface area contributed by atoms with Crippen LogP contribution in [0.15, 0.2) is 158 Å². The predicted octanol–water partition coefficient (Wildman–Crippen LogP) is 10.2. The zero-order valence-corrected chi connectivity index (χ0v) is 24.7. The Labute approximate surface area is 259 Å². The maximum Gasteiger partial charge on any atom is 0.115 e. The van der Waals surface area contributed by atoms with Gasteiger partial charge in [-0.3, -0.25) is 0 Å². The molecule has 6 aromatic rings. The highest BCUT2D eigenvalue weighted by Gasteiger charge is 2.36. The third-order valence-corrected chi connectivity index (χ3v) is 8.70. The van der Waals surface area contributed by atoms with Gasteiger partial charge in [0.25, 0.3) is 0 Å². The topological polar surface area (TPSA) is 6.48 Å². The van der Waals surface area contributed by atoms with Crippen molar-refractivity contribution in [1.29, 1.82) is 0 Å². The first kappa shape index (κ1) is 27.1. The quantitative estimate of drug-likeness (QED) is 0.174. The second-order valence-electron chi connectivity index (χ2n) is 10.9. The largest absolute Gasteiger partial charge is 0.347 e. The van der Waals surface area contributed by atoms with E-state index in [0.29, 0.717) is 5.88 Å². The highest BCUT2D eigenvalue weighted by atomic mass is 35.5. The fourth-order valence-electron chi connectivity index (χ4n) is 6.48. The lowest BCUT2D eigenvalue weighted by Crippen LogP contribution is -2.41. The van der Waals surface area contributed by atoms with Crippen LogP contribution in [0.3, 0.4) is 0 Å². The molecule has 0 radical (unpaired) electrons. The Morgan fingerprint density at radius 2 is 0.674 bits per heavy atom. The summed E-state index contributed by atoms with van der Waals surface area (Å²) in [6.07, 6.45) is -0.0404. The smallest absolute Gasteiger partial charge is 0.115 e. The zero-order chi connectivity index (χ0) is 29.0. The molecule has 210 valence electrons. The van der Waals surface area contributed by atoms with Crippen LogP contribution in [-0.4, -0.2) is 25.1 Å². The molecule has 6 aromatic carbocycles. The molecule has 1 saturated heterocycles. The van der Waals surface area contributed by atoms with E-state index >= 15 is 0 Å². The first-order chi connectivity index (χ1) is 21.3. The number of hydrogen-bond acceptors (Lipinski definition) is 2. The predicted molar refractivity (Wildman–Crippen MR) is 184 cm³/mol. The van der Waals surface area contributed by atoms with Crippen LogP contribution >= 0.6 is 11.6 Å². The van der Waals surface area contributed by atoms with Crippen LogP contribution < -0.4 is 9.80 Å². The van der Waals surface area contributed by atoms with Gasteiger partial charge in [-0.05, 0) is 22.3 Å². The minimum absolute atomic E-state index is 0.0404. The lowest BCUT2D eigenvalue weighted by molar-refractivity contribution is 0.741. The molecule has 0 unspecified atom stereocenters. The van der Waals surface area contributed by atoms with Gasteiger partial charge in [0.05, 0.1) is 17.3 Å². The van der Waals surface area contributed by atoms with Gasteiger partial charge in [0.1, 0.15) is 6.17 Å². The van der Waals surface area contributed by atoms with Crippen LogP contribution in [-0.2, 0) is 0 Å². The maximum atomic E-state index is 7.01. The summed E-state index contributed by atoms with van der Waals surface area (Å²) in [6.45, 7) is 1.72. The van der Waals surface area contributed by atoms with E-state index in [-0.39, 0.29) is 6.17 Å². The second-order valence-corrected chi connectivity index (χ2v) is 11.2. The SMILES string of the molecule is ClCC1N(c2c(-c3ccccc3)cccc2-c2ccccc2)CCN1c1c(-c2ccccc2)cccc1-c1ccccc1. The van der Waals surface area contributed by atoms with Crippen LogP contribution in [0.5, 0.6) is 0 Å². The molecule has 0 aliphatic carbocycles. The summed E-state index contributed by atoms with van der Waals surface area (Å²) in [6, 6.07) is 56.2. The average Bonchev–Trinajstić information content (AvgIpc) is 3.52. The molecule has 43 heavy (non-hydrogen) atoms. The van der Waals surface area contributed by atoms with E-state index in [0.717, 1.165) is 13.1 Å². The third kappa shape index (κ3) is 5.20. The first-order valence-corrected chi connectivity index (χ1v) is 15.4. The molecule has 3 heteroatoms. The summed E-state index contributed by atoms with van der Waals surface area (Å²) < 4.78 is 0. The number of rotatable bonds is 7. The molecule has 0 N–H and O–H groups in total. The molecule has 0 saturated carbocycles. The van der Waals surface area contributed by atoms with Gasteiger partial charge in [0.15, 0.2) is 0 Å². The lowest BCUT2D eigenvalue weighted by Gasteiger charge is -2.36. The first-order valence-electron chi connectivity index (χ1n) is 14.9. The third-order valence-electron chi connectivity index (χ3n) is 8.43. The number of hydrogen-bond donors (Lipinski definition) is 0. The second kappa shape index (κ2) is 12.2. The fourth-order valence-corrected chi connectivity index (χ4v) is 6.81. The Morgan fingerprint density at radius 3 is 0.930 bits per heavy atom. The lowest BCUT2D eigenvalue weighted by atomic mass is 9.94. The molecule has 0 aromatic heterocycles. The normalized spacial score (nSPS) is 13.4. The van der Waals surface area contributed by atoms with Gasteiger partial charge in [-0.2, -0.15) is 0 Å². The van der Waals surface area contributed by atoms with E-state index in [2.05, 4.69) is 168 Å². The average molecular weight is 577 g/mol. The van der Waals surface area contributed by atoms with Gasteiger partial charge < -0.3 is 9.80 Å².